The summed E-state index contributed by atoms with van der Waals surface area (Å²) < 4.78 is 23.7. The molecule has 1 fully saturated rings. The van der Waals surface area contributed by atoms with Crippen LogP contribution in [0, 0.1) is 17.8 Å². The molecule has 5 unspecified atom stereocenters. The van der Waals surface area contributed by atoms with Gasteiger partial charge in [0.15, 0.2) is 22.7 Å². The maximum Gasteiger partial charge on any atom is 0.336 e. The molecule has 1 aliphatic carbocycles. The maximum atomic E-state index is 13.3. The third-order valence-corrected chi connectivity index (χ3v) is 16.8. The Hall–Kier alpha value is -0.746. The summed E-state index contributed by atoms with van der Waals surface area (Å²) in [6, 6.07) is -0.707. The van der Waals surface area contributed by atoms with Gasteiger partial charge in [0.25, 0.3) is 0 Å². The molecule has 0 radical (unpaired) electrons. The molecule has 0 saturated heterocycles. The minimum atomic E-state index is -2.36. The Kier molecular flexibility index (Phi) is 9.50. The summed E-state index contributed by atoms with van der Waals surface area (Å²) in [4.78, 5) is 25.9. The van der Waals surface area contributed by atoms with E-state index in [2.05, 4.69) is 67.7 Å². The van der Waals surface area contributed by atoms with E-state index in [0.29, 0.717) is 6.61 Å². The summed E-state index contributed by atoms with van der Waals surface area (Å²) in [5.41, 5.74) is 6.06. The van der Waals surface area contributed by atoms with Gasteiger partial charge in [0.1, 0.15) is 5.60 Å². The van der Waals surface area contributed by atoms with Gasteiger partial charge in [-0.3, -0.25) is 4.79 Å². The lowest BCUT2D eigenvalue weighted by molar-refractivity contribution is -0.165. The van der Waals surface area contributed by atoms with Crippen molar-refractivity contribution in [2.45, 2.75) is 116 Å². The average Bonchev–Trinajstić information content (AvgIpc) is 3.34. The Labute approximate surface area is 210 Å². The summed E-state index contributed by atoms with van der Waals surface area (Å²) in [6.45, 7) is 27.3. The first-order valence-corrected chi connectivity index (χ1v) is 18.2. The SMILES string of the molecule is COC(=O)C1C(CO[Si](C)(C)C(C)(C)C)C1C(N)C(O[Si](C)(C)C(C)(C)C)C(=O)OC(C)(C)C. The molecule has 5 atom stereocenters. The van der Waals surface area contributed by atoms with Crippen LogP contribution >= 0.6 is 0 Å². The number of esters is 2. The van der Waals surface area contributed by atoms with Crippen molar-refractivity contribution in [3.05, 3.63) is 0 Å². The predicted molar refractivity (Wildman–Crippen MR) is 142 cm³/mol. The zero-order valence-corrected chi connectivity index (χ0v) is 26.1. The van der Waals surface area contributed by atoms with Gasteiger partial charge in [-0.1, -0.05) is 41.5 Å². The fourth-order valence-corrected chi connectivity index (χ4v) is 5.75. The molecule has 0 aromatic carbocycles. The van der Waals surface area contributed by atoms with Crippen molar-refractivity contribution in [1.29, 1.82) is 0 Å². The van der Waals surface area contributed by atoms with Crippen molar-refractivity contribution >= 4 is 28.6 Å². The standard InChI is InChI=1S/C25H51NO6Si2/c1-23(2,3)31-22(28)20(32-34(13,14)25(7,8)9)19(26)17-16(18(17)21(27)29-10)15-30-33(11,12)24(4,5)6/h16-20H,15,26H2,1-14H3. The predicted octanol–water partition coefficient (Wildman–Crippen LogP) is 5.10. The molecule has 9 heteroatoms. The smallest absolute Gasteiger partial charge is 0.336 e. The number of carbonyl (C=O) groups excluding carboxylic acids is 2. The zero-order chi connectivity index (χ0) is 27.1. The average molecular weight is 518 g/mol. The van der Waals surface area contributed by atoms with Crippen LogP contribution in [0.25, 0.3) is 0 Å². The summed E-state index contributed by atoms with van der Waals surface area (Å²) in [5.74, 6) is -1.62. The molecule has 1 aliphatic rings. The van der Waals surface area contributed by atoms with Crippen LogP contribution in [-0.4, -0.2) is 60.0 Å². The van der Waals surface area contributed by atoms with Crippen LogP contribution in [0.5, 0.6) is 0 Å². The normalized spacial score (nSPS) is 23.8. The maximum absolute atomic E-state index is 13.3. The Morgan fingerprint density at radius 2 is 1.35 bits per heavy atom. The Morgan fingerprint density at radius 3 is 1.74 bits per heavy atom. The van der Waals surface area contributed by atoms with Crippen LogP contribution in [-0.2, 0) is 27.9 Å². The summed E-state index contributed by atoms with van der Waals surface area (Å²) >= 11 is 0. The Balaban J connectivity index is 3.24. The Bertz CT molecular complexity index is 733. The highest BCUT2D eigenvalue weighted by atomic mass is 28.4. The Morgan fingerprint density at radius 1 is 0.882 bits per heavy atom. The lowest BCUT2D eigenvalue weighted by atomic mass is 10.0. The van der Waals surface area contributed by atoms with Crippen LogP contribution in [0.15, 0.2) is 0 Å². The van der Waals surface area contributed by atoms with Crippen molar-refractivity contribution in [2.75, 3.05) is 13.7 Å². The van der Waals surface area contributed by atoms with E-state index >= 15 is 0 Å². The van der Waals surface area contributed by atoms with Gasteiger partial charge in [0.05, 0.1) is 13.0 Å². The fourth-order valence-electron chi connectivity index (χ4n) is 3.47. The molecule has 0 heterocycles. The summed E-state index contributed by atoms with van der Waals surface area (Å²) in [6.07, 6.45) is -0.963. The molecule has 7 nitrogen and oxygen atoms in total. The first-order chi connectivity index (χ1) is 15.0. The van der Waals surface area contributed by atoms with Gasteiger partial charge in [-0.05, 0) is 68.9 Å². The topological polar surface area (TPSA) is 97.1 Å². The quantitative estimate of drug-likeness (QED) is 0.335. The van der Waals surface area contributed by atoms with E-state index in [9.17, 15) is 9.59 Å². The molecular weight excluding hydrogens is 466 g/mol. The van der Waals surface area contributed by atoms with Gasteiger partial charge < -0.3 is 24.1 Å². The number of hydrogen-bond acceptors (Lipinski definition) is 7. The van der Waals surface area contributed by atoms with E-state index in [1.54, 1.807) is 0 Å². The van der Waals surface area contributed by atoms with Gasteiger partial charge in [-0.25, -0.2) is 4.79 Å². The molecule has 34 heavy (non-hydrogen) atoms. The van der Waals surface area contributed by atoms with Gasteiger partial charge >= 0.3 is 11.9 Å². The number of methoxy groups -OCH3 is 1. The minimum Gasteiger partial charge on any atom is -0.469 e. The molecule has 0 bridgehead atoms. The second-order valence-corrected chi connectivity index (χ2v) is 23.3. The highest BCUT2D eigenvalue weighted by Crippen LogP contribution is 2.52. The molecule has 2 N–H and O–H groups in total. The molecular formula is C25H51NO6Si2. The first kappa shape index (κ1) is 31.3. The lowest BCUT2D eigenvalue weighted by Gasteiger charge is -2.40. The van der Waals surface area contributed by atoms with Crippen molar-refractivity contribution in [3.63, 3.8) is 0 Å². The molecule has 0 aromatic rings. The largest absolute Gasteiger partial charge is 0.469 e. The van der Waals surface area contributed by atoms with Crippen molar-refractivity contribution in [3.8, 4) is 0 Å². The van der Waals surface area contributed by atoms with E-state index in [1.807, 2.05) is 20.8 Å². The second kappa shape index (κ2) is 10.3. The number of nitrogens with two attached hydrogens (primary N) is 1. The van der Waals surface area contributed by atoms with E-state index in [4.69, 9.17) is 24.1 Å². The first-order valence-electron chi connectivity index (χ1n) is 12.3. The van der Waals surface area contributed by atoms with E-state index in [1.165, 1.54) is 7.11 Å². The van der Waals surface area contributed by atoms with Gasteiger partial charge in [0.2, 0.25) is 0 Å². The summed E-state index contributed by atoms with van der Waals surface area (Å²) in [5, 5.41) is -0.0755. The van der Waals surface area contributed by atoms with E-state index in [-0.39, 0.29) is 27.9 Å². The third kappa shape index (κ3) is 7.62. The molecule has 0 spiro atoms. The highest BCUT2D eigenvalue weighted by molar-refractivity contribution is 6.74. The van der Waals surface area contributed by atoms with Gasteiger partial charge in [0, 0.05) is 12.6 Å². The lowest BCUT2D eigenvalue weighted by Crippen LogP contribution is -2.54. The highest BCUT2D eigenvalue weighted by Gasteiger charge is 2.62. The van der Waals surface area contributed by atoms with Gasteiger partial charge in [-0.15, -0.1) is 0 Å². The van der Waals surface area contributed by atoms with Crippen molar-refractivity contribution in [2.24, 2.45) is 23.5 Å². The summed E-state index contributed by atoms with van der Waals surface area (Å²) in [7, 11) is -3.00. The van der Waals surface area contributed by atoms with Crippen LogP contribution in [0.2, 0.25) is 36.3 Å². The molecule has 200 valence electrons. The number of ether oxygens (including phenoxy) is 2. The molecule has 0 aliphatic heterocycles. The molecule has 0 aromatic heterocycles. The monoisotopic (exact) mass is 517 g/mol. The minimum absolute atomic E-state index is 0.0464. The van der Waals surface area contributed by atoms with Crippen molar-refractivity contribution < 1.29 is 27.9 Å². The van der Waals surface area contributed by atoms with E-state index in [0.717, 1.165) is 0 Å². The third-order valence-electron chi connectivity index (χ3n) is 7.81. The van der Waals surface area contributed by atoms with Gasteiger partial charge in [-0.2, -0.15) is 0 Å². The molecule has 1 saturated carbocycles. The number of carbonyl (C=O) groups is 2. The van der Waals surface area contributed by atoms with Crippen molar-refractivity contribution in [1.82, 2.24) is 0 Å². The van der Waals surface area contributed by atoms with Crippen LogP contribution in [0.4, 0.5) is 0 Å². The number of hydrogen-bond donors (Lipinski definition) is 1. The van der Waals surface area contributed by atoms with Crippen LogP contribution in [0.1, 0.15) is 62.3 Å². The van der Waals surface area contributed by atoms with Crippen LogP contribution in [0.3, 0.4) is 0 Å². The fraction of sp³-hybridized carbons (Fsp3) is 0.920. The van der Waals surface area contributed by atoms with E-state index < -0.39 is 46.3 Å². The zero-order valence-electron chi connectivity index (χ0n) is 24.1. The number of rotatable bonds is 9. The molecule has 1 rings (SSSR count). The van der Waals surface area contributed by atoms with Crippen LogP contribution < -0.4 is 5.73 Å². The second-order valence-electron chi connectivity index (χ2n) is 13.8. The molecule has 0 amide bonds.